The van der Waals surface area contributed by atoms with E-state index in [0.717, 1.165) is 0 Å². The summed E-state index contributed by atoms with van der Waals surface area (Å²) in [5.74, 6) is -70.8. The fraction of sp³-hybridized carbons (Fsp3) is 0.0882. The topological polar surface area (TPSA) is 37.3 Å². The summed E-state index contributed by atoms with van der Waals surface area (Å²) >= 11 is 0. The molecule has 0 saturated heterocycles. The van der Waals surface area contributed by atoms with Crippen LogP contribution < -0.4 is 21.9 Å². The molecule has 0 atom stereocenters. The molecule has 5 aromatic rings. The van der Waals surface area contributed by atoms with Gasteiger partial charge in [-0.3, -0.25) is 4.79 Å². The maximum atomic E-state index is 15.4. The zero-order valence-corrected chi connectivity index (χ0v) is 28.7. The number of Topliss-reactive ketones (excluding diaryl/α,β-unsaturated/α-hetero) is 1. The van der Waals surface area contributed by atoms with Crippen molar-refractivity contribution in [2.24, 2.45) is 0 Å². The van der Waals surface area contributed by atoms with Crippen LogP contribution in [0.5, 0.6) is 5.75 Å². The summed E-state index contributed by atoms with van der Waals surface area (Å²) in [5.41, 5.74) is -13.9. The molecule has 0 unspecified atom stereocenters. The Balaban J connectivity index is 0.000000486. The second-order valence-electron chi connectivity index (χ2n) is 11.9. The highest BCUT2D eigenvalue weighted by Crippen LogP contribution is 2.31. The predicted octanol–water partition coefficient (Wildman–Crippen LogP) is 7.30. The summed E-state index contributed by atoms with van der Waals surface area (Å²) in [4.78, 5) is 11.5. The van der Waals surface area contributed by atoms with Gasteiger partial charge >= 0.3 is 0 Å². The van der Waals surface area contributed by atoms with Crippen LogP contribution in [0.4, 0.5) is 87.8 Å². The Labute approximate surface area is 312 Å². The molecule has 0 radical (unpaired) electrons. The lowest BCUT2D eigenvalue weighted by atomic mass is 9.12. The number of ketones is 1. The number of hydrogen-bond donors (Lipinski definition) is 1. The van der Waals surface area contributed by atoms with Gasteiger partial charge in [0.05, 0.1) is 18.1 Å². The van der Waals surface area contributed by atoms with E-state index in [1.165, 1.54) is 6.07 Å². The van der Waals surface area contributed by atoms with Crippen LogP contribution in [0.25, 0.3) is 0 Å². The Kier molecular flexibility index (Phi) is 12.8. The maximum absolute atomic E-state index is 15.4. The summed E-state index contributed by atoms with van der Waals surface area (Å²) in [5, 5.41) is 9.38. The molecule has 0 amide bonds. The lowest BCUT2D eigenvalue weighted by Gasteiger charge is -2.44. The summed E-state index contributed by atoms with van der Waals surface area (Å²) < 4.78 is 294. The number of halogens is 20. The molecular formula is C34H13BF20O2S. The van der Waals surface area contributed by atoms with E-state index in [9.17, 15) is 62.6 Å². The van der Waals surface area contributed by atoms with Crippen molar-refractivity contribution in [3.63, 3.8) is 0 Å². The van der Waals surface area contributed by atoms with Crippen LogP contribution in [-0.4, -0.2) is 35.3 Å². The van der Waals surface area contributed by atoms with Crippen molar-refractivity contribution in [3.05, 3.63) is 146 Å². The first-order valence-corrected chi connectivity index (χ1v) is 17.1. The molecule has 2 nitrogen and oxygen atoms in total. The first kappa shape index (κ1) is 45.3. The minimum Gasteiger partial charge on any atom is -0.507 e. The largest absolute Gasteiger partial charge is 0.507 e. The van der Waals surface area contributed by atoms with Crippen LogP contribution >= 0.6 is 0 Å². The molecule has 24 heteroatoms. The fourth-order valence-corrected chi connectivity index (χ4v) is 6.60. The molecule has 0 heterocycles. The molecule has 5 aromatic carbocycles. The highest BCUT2D eigenvalue weighted by molar-refractivity contribution is 7.96. The quantitative estimate of drug-likeness (QED) is 0.0466. The molecule has 0 aliphatic carbocycles. The molecule has 0 aliphatic heterocycles. The molecule has 1 N–H and O–H groups in total. The standard InChI is InChI=1S/C24BF20.C10H12O2S/c26-5-1(6(27)14(35)21(42)13(5)34)25(2-7(28)15(36)22(43)16(37)8(2)29,3-9(30)17(38)23(44)18(39)10(3)31)4-11(32)19(40)24(45)20(41)12(4)33;1-13(2)7-10(12)8-5-3-4-6-9(8)11/h;3-6H,7H2,1-2H3/q-1;/p+1. The Morgan fingerprint density at radius 3 is 0.828 bits per heavy atom. The van der Waals surface area contributed by atoms with Crippen LogP contribution in [-0.2, 0) is 10.9 Å². The Morgan fingerprint density at radius 2 is 0.621 bits per heavy atom. The highest BCUT2D eigenvalue weighted by Gasteiger charge is 2.52. The SMILES string of the molecule is C[S+](C)CC(=O)c1ccccc1O.Fc1c(F)c(F)c([B-](c2c(F)c(F)c(F)c(F)c2F)(c2c(F)c(F)c(F)c(F)c2F)c2c(F)c(F)c(F)c(F)c2F)c(F)c1F. The van der Waals surface area contributed by atoms with Gasteiger partial charge in [0.1, 0.15) is 58.4 Å². The Bertz CT molecular complexity index is 2130. The molecule has 0 spiro atoms. The van der Waals surface area contributed by atoms with Gasteiger partial charge in [-0.2, -0.15) is 0 Å². The lowest BCUT2D eigenvalue weighted by molar-refractivity contribution is 0.101. The summed E-state index contributed by atoms with van der Waals surface area (Å²) in [7, 11) is 0.0849. The predicted molar refractivity (Wildman–Crippen MR) is 166 cm³/mol. The number of carbonyl (C=O) groups excluding carboxylic acids is 1. The molecule has 58 heavy (non-hydrogen) atoms. The smallest absolute Gasteiger partial charge is 0.215 e. The van der Waals surface area contributed by atoms with E-state index in [1.54, 1.807) is 18.2 Å². The third-order valence-corrected chi connectivity index (χ3v) is 9.17. The minimum absolute atomic E-state index is 0.0198. The summed E-state index contributed by atoms with van der Waals surface area (Å²) in [6, 6.07) is 6.67. The van der Waals surface area contributed by atoms with Crippen molar-refractivity contribution in [2.45, 2.75) is 0 Å². The van der Waals surface area contributed by atoms with Crippen molar-refractivity contribution >= 4 is 44.7 Å². The molecule has 5 rings (SSSR count). The Morgan fingerprint density at radius 1 is 0.414 bits per heavy atom. The van der Waals surface area contributed by atoms with Crippen molar-refractivity contribution in [3.8, 4) is 5.75 Å². The number of hydrogen-bond acceptors (Lipinski definition) is 2. The number of benzene rings is 5. The zero-order valence-electron chi connectivity index (χ0n) is 27.9. The monoisotopic (exact) mass is 876 g/mol. The maximum Gasteiger partial charge on any atom is 0.215 e. The average Bonchev–Trinajstić information content (AvgIpc) is 3.17. The number of para-hydroxylation sites is 1. The molecule has 0 fully saturated rings. The second-order valence-corrected chi connectivity index (χ2v) is 14.1. The molecule has 0 aromatic heterocycles. The van der Waals surface area contributed by atoms with Crippen molar-refractivity contribution < 1.29 is 97.7 Å². The van der Waals surface area contributed by atoms with Gasteiger partial charge in [-0.15, -0.1) is 21.9 Å². The normalized spacial score (nSPS) is 11.6. The fourth-order valence-electron chi connectivity index (χ4n) is 5.92. The first-order chi connectivity index (χ1) is 26.8. The van der Waals surface area contributed by atoms with Crippen LogP contribution in [0, 0.1) is 116 Å². The van der Waals surface area contributed by atoms with Crippen molar-refractivity contribution in [2.75, 3.05) is 18.3 Å². The number of phenolic OH excluding ortho intramolecular Hbond substituents is 1. The zero-order chi connectivity index (χ0) is 44.2. The van der Waals surface area contributed by atoms with E-state index < -0.39 is 144 Å². The van der Waals surface area contributed by atoms with Gasteiger partial charge in [0.15, 0.2) is 75.6 Å². The number of carbonyl (C=O) groups is 1. The summed E-state index contributed by atoms with van der Waals surface area (Å²) in [6.45, 7) is 0. The van der Waals surface area contributed by atoms with Gasteiger partial charge in [0.2, 0.25) is 5.78 Å². The summed E-state index contributed by atoms with van der Waals surface area (Å²) in [6.07, 6.45) is -3.19. The van der Waals surface area contributed by atoms with E-state index in [0.29, 0.717) is 11.3 Å². The van der Waals surface area contributed by atoms with E-state index >= 15 is 35.1 Å². The first-order valence-electron chi connectivity index (χ1n) is 14.9. The highest BCUT2D eigenvalue weighted by atomic mass is 32.2. The van der Waals surface area contributed by atoms with E-state index in [1.807, 2.05) is 12.5 Å². The third kappa shape index (κ3) is 6.97. The van der Waals surface area contributed by atoms with Crippen LogP contribution in [0.15, 0.2) is 24.3 Å². The average molecular weight is 876 g/mol. The van der Waals surface area contributed by atoms with Crippen molar-refractivity contribution in [1.82, 2.24) is 0 Å². The second kappa shape index (κ2) is 16.4. The van der Waals surface area contributed by atoms with E-state index in [2.05, 4.69) is 0 Å². The van der Waals surface area contributed by atoms with E-state index in [4.69, 9.17) is 0 Å². The van der Waals surface area contributed by atoms with E-state index in [-0.39, 0.29) is 22.4 Å². The molecule has 0 bridgehead atoms. The van der Waals surface area contributed by atoms with Gasteiger partial charge in [0, 0.05) is 0 Å². The molecule has 310 valence electrons. The Hall–Kier alpha value is -5.42. The van der Waals surface area contributed by atoms with Gasteiger partial charge < -0.3 is 5.11 Å². The van der Waals surface area contributed by atoms with Crippen LogP contribution in [0.1, 0.15) is 10.4 Å². The van der Waals surface area contributed by atoms with Crippen molar-refractivity contribution in [1.29, 1.82) is 0 Å². The molecule has 0 aliphatic rings. The van der Waals surface area contributed by atoms with Gasteiger partial charge in [-0.1, -0.05) is 12.1 Å². The van der Waals surface area contributed by atoms with Crippen LogP contribution in [0.2, 0.25) is 0 Å². The third-order valence-electron chi connectivity index (χ3n) is 8.33. The van der Waals surface area contributed by atoms with Gasteiger partial charge in [-0.25, -0.2) is 87.8 Å². The lowest BCUT2D eigenvalue weighted by Crippen LogP contribution is -2.81. The van der Waals surface area contributed by atoms with Gasteiger partial charge in [-0.05, 0) is 23.0 Å². The van der Waals surface area contributed by atoms with Gasteiger partial charge in [0.25, 0.3) is 0 Å². The number of rotatable bonds is 7. The number of aromatic hydroxyl groups is 1. The van der Waals surface area contributed by atoms with Crippen LogP contribution in [0.3, 0.4) is 0 Å². The molecule has 0 saturated carbocycles. The molecular weight excluding hydrogens is 863 g/mol. The number of phenols is 1. The minimum atomic E-state index is -7.22.